The second-order valence-electron chi connectivity index (χ2n) is 3.94. The summed E-state index contributed by atoms with van der Waals surface area (Å²) in [7, 11) is 0. The summed E-state index contributed by atoms with van der Waals surface area (Å²) in [5, 5.41) is 0. The summed E-state index contributed by atoms with van der Waals surface area (Å²) in [5.74, 6) is 0. The first-order chi connectivity index (χ1) is 7.77. The van der Waals surface area contributed by atoms with Gasteiger partial charge >= 0.3 is 0 Å². The van der Waals surface area contributed by atoms with E-state index >= 15 is 0 Å². The van der Waals surface area contributed by atoms with Crippen molar-refractivity contribution in [3.8, 4) is 11.1 Å². The third-order valence-electron chi connectivity index (χ3n) is 2.16. The maximum Gasteiger partial charge on any atom is -0.0184 e. The molecule has 0 aliphatic carbocycles. The van der Waals surface area contributed by atoms with E-state index in [9.17, 15) is 0 Å². The highest BCUT2D eigenvalue weighted by Gasteiger charge is 1.93. The molecule has 0 bridgehead atoms. The fourth-order valence-electron chi connectivity index (χ4n) is 1.38. The molecule has 0 unspecified atom stereocenters. The molecule has 0 aliphatic rings. The number of rotatable bonds is 1. The molecule has 2 rings (SSSR count). The maximum atomic E-state index is 2.16. The quantitative estimate of drug-likeness (QED) is 0.586. The van der Waals surface area contributed by atoms with Gasteiger partial charge in [0.2, 0.25) is 0 Å². The second-order valence-corrected chi connectivity index (χ2v) is 3.94. The van der Waals surface area contributed by atoms with Crippen molar-refractivity contribution < 1.29 is 0 Å². The van der Waals surface area contributed by atoms with Gasteiger partial charge in [0.25, 0.3) is 0 Å². The Labute approximate surface area is 106 Å². The molecule has 0 aromatic heterocycles. The molecule has 0 heteroatoms. The van der Waals surface area contributed by atoms with Gasteiger partial charge in [-0.2, -0.15) is 0 Å². The van der Waals surface area contributed by atoms with Crippen LogP contribution in [0.5, 0.6) is 0 Å². The molecule has 0 radical (unpaired) electrons. The van der Waals surface area contributed by atoms with Crippen molar-refractivity contribution in [2.24, 2.45) is 0 Å². The largest absolute Gasteiger partial charge is 0.0776 e. The van der Waals surface area contributed by atoms with E-state index in [-0.39, 0.29) is 7.43 Å². The second kappa shape index (κ2) is 8.58. The van der Waals surface area contributed by atoms with E-state index < -0.39 is 0 Å². The van der Waals surface area contributed by atoms with Crippen LogP contribution in [0.25, 0.3) is 11.1 Å². The summed E-state index contributed by atoms with van der Waals surface area (Å²) in [6, 6.07) is 19.0. The summed E-state index contributed by atoms with van der Waals surface area (Å²) in [6.07, 6.45) is 1.25. The van der Waals surface area contributed by atoms with Crippen LogP contribution in [0.15, 0.2) is 54.6 Å². The topological polar surface area (TPSA) is 0 Å². The first-order valence-corrected chi connectivity index (χ1v) is 5.90. The van der Waals surface area contributed by atoms with Gasteiger partial charge in [-0.1, -0.05) is 87.9 Å². The van der Waals surface area contributed by atoms with Gasteiger partial charge in [-0.25, -0.2) is 0 Å². The summed E-state index contributed by atoms with van der Waals surface area (Å²) < 4.78 is 0. The molecule has 0 N–H and O–H groups in total. The van der Waals surface area contributed by atoms with Gasteiger partial charge in [0.1, 0.15) is 0 Å². The predicted octanol–water partition coefficient (Wildman–Crippen LogP) is 5.71. The molecule has 0 fully saturated rings. The van der Waals surface area contributed by atoms with Gasteiger partial charge < -0.3 is 0 Å². The van der Waals surface area contributed by atoms with Crippen LogP contribution in [0.2, 0.25) is 0 Å². The monoisotopic (exact) mass is 228 g/mol. The third-order valence-corrected chi connectivity index (χ3v) is 2.16. The van der Waals surface area contributed by atoms with Gasteiger partial charge in [-0.05, 0) is 18.1 Å². The molecule has 0 nitrogen and oxygen atoms in total. The van der Waals surface area contributed by atoms with E-state index in [1.165, 1.54) is 23.1 Å². The lowest BCUT2D eigenvalue weighted by atomic mass is 10.0. The lowest BCUT2D eigenvalue weighted by Crippen LogP contribution is -1.76. The Balaban J connectivity index is 0.000000583. The molecule has 2 aromatic rings. The van der Waals surface area contributed by atoms with Crippen LogP contribution < -0.4 is 0 Å². The van der Waals surface area contributed by atoms with E-state index in [0.29, 0.717) is 0 Å². The van der Waals surface area contributed by atoms with Gasteiger partial charge in [-0.15, -0.1) is 0 Å². The Morgan fingerprint density at radius 3 is 1.59 bits per heavy atom. The summed E-state index contributed by atoms with van der Waals surface area (Å²) in [5.41, 5.74) is 3.87. The number of hydrogen-bond donors (Lipinski definition) is 0. The molecular weight excluding hydrogens is 204 g/mol. The highest BCUT2D eigenvalue weighted by Crippen LogP contribution is 2.18. The van der Waals surface area contributed by atoms with Crippen LogP contribution in [-0.2, 0) is 0 Å². The van der Waals surface area contributed by atoms with Crippen LogP contribution >= 0.6 is 0 Å². The van der Waals surface area contributed by atoms with Gasteiger partial charge in [0, 0.05) is 0 Å². The van der Waals surface area contributed by atoms with Crippen molar-refractivity contribution in [1.29, 1.82) is 0 Å². The van der Waals surface area contributed by atoms with Crippen LogP contribution in [-0.4, -0.2) is 0 Å². The lowest BCUT2D eigenvalue weighted by molar-refractivity contribution is 1.09. The zero-order valence-corrected chi connectivity index (χ0v) is 10.4. The molecule has 2 aromatic carbocycles. The Hall–Kier alpha value is -1.56. The standard InChI is InChI=1S/C13H12.C3H8.CH4/c1-11-7-9-13(10-8-11)12-5-3-2-4-6-12;1-3-2;/h2-10H,1H3;3H2,1-2H3;1H4. The van der Waals surface area contributed by atoms with Gasteiger partial charge in [0.05, 0.1) is 0 Å². The highest BCUT2D eigenvalue weighted by molar-refractivity contribution is 5.63. The molecule has 0 aliphatic heterocycles. The summed E-state index contributed by atoms with van der Waals surface area (Å²) in [4.78, 5) is 0. The Bertz CT molecular complexity index is 384. The van der Waals surface area contributed by atoms with E-state index in [1.807, 2.05) is 6.07 Å². The van der Waals surface area contributed by atoms with Crippen molar-refractivity contribution in [3.63, 3.8) is 0 Å². The summed E-state index contributed by atoms with van der Waals surface area (Å²) >= 11 is 0. The van der Waals surface area contributed by atoms with Crippen molar-refractivity contribution in [1.82, 2.24) is 0 Å². The third kappa shape index (κ3) is 5.35. The molecule has 17 heavy (non-hydrogen) atoms. The minimum atomic E-state index is 0. The number of hydrogen-bond acceptors (Lipinski definition) is 0. The Morgan fingerprint density at radius 2 is 1.12 bits per heavy atom. The van der Waals surface area contributed by atoms with Crippen molar-refractivity contribution in [2.45, 2.75) is 34.6 Å². The fourth-order valence-corrected chi connectivity index (χ4v) is 1.38. The molecule has 0 saturated carbocycles. The highest BCUT2D eigenvalue weighted by atomic mass is 14.0. The van der Waals surface area contributed by atoms with Crippen LogP contribution in [0.3, 0.4) is 0 Å². The molecule has 0 spiro atoms. The summed E-state index contributed by atoms with van der Waals surface area (Å²) in [6.45, 7) is 6.36. The minimum Gasteiger partial charge on any atom is -0.0776 e. The van der Waals surface area contributed by atoms with Crippen LogP contribution in [0.1, 0.15) is 33.3 Å². The minimum absolute atomic E-state index is 0. The fraction of sp³-hybridized carbons (Fsp3) is 0.294. The normalized spacial score (nSPS) is 8.65. The van der Waals surface area contributed by atoms with Gasteiger partial charge in [0.15, 0.2) is 0 Å². The average Bonchev–Trinajstić information content (AvgIpc) is 2.32. The van der Waals surface area contributed by atoms with E-state index in [4.69, 9.17) is 0 Å². The number of benzene rings is 2. The molecule has 0 atom stereocenters. The van der Waals surface area contributed by atoms with Crippen molar-refractivity contribution in [3.05, 3.63) is 60.2 Å². The van der Waals surface area contributed by atoms with Gasteiger partial charge in [-0.3, -0.25) is 0 Å². The molecular formula is C17H24. The first-order valence-electron chi connectivity index (χ1n) is 5.90. The first kappa shape index (κ1) is 15.4. The molecule has 92 valence electrons. The zero-order valence-electron chi connectivity index (χ0n) is 10.4. The predicted molar refractivity (Wildman–Crippen MR) is 79.3 cm³/mol. The SMILES string of the molecule is C.CCC.Cc1ccc(-c2ccccc2)cc1. The molecule has 0 heterocycles. The van der Waals surface area contributed by atoms with Crippen molar-refractivity contribution >= 4 is 0 Å². The number of aryl methyl sites for hydroxylation is 1. The van der Waals surface area contributed by atoms with Crippen LogP contribution in [0, 0.1) is 6.92 Å². The molecule has 0 amide bonds. The molecule has 0 saturated heterocycles. The Kier molecular flexibility index (Phi) is 7.79. The van der Waals surface area contributed by atoms with E-state index in [0.717, 1.165) is 0 Å². The van der Waals surface area contributed by atoms with Crippen LogP contribution in [0.4, 0.5) is 0 Å². The zero-order chi connectivity index (χ0) is 11.8. The van der Waals surface area contributed by atoms with Crippen molar-refractivity contribution in [2.75, 3.05) is 0 Å². The maximum absolute atomic E-state index is 2.16. The Morgan fingerprint density at radius 1 is 0.706 bits per heavy atom. The lowest BCUT2D eigenvalue weighted by Gasteiger charge is -2.00. The van der Waals surface area contributed by atoms with E-state index in [2.05, 4.69) is 69.3 Å². The van der Waals surface area contributed by atoms with E-state index in [1.54, 1.807) is 0 Å². The average molecular weight is 228 g/mol. The smallest absolute Gasteiger partial charge is 0.0184 e.